The number of aryl methyl sites for hydroxylation is 1. The van der Waals surface area contributed by atoms with Gasteiger partial charge in [0.1, 0.15) is 5.58 Å². The molecule has 0 atom stereocenters. The first-order valence-electron chi connectivity index (χ1n) is 8.65. The molecule has 1 heterocycles. The van der Waals surface area contributed by atoms with Gasteiger partial charge in [-0.15, -0.1) is 0 Å². The minimum absolute atomic E-state index is 0.0538. The standard InChI is InChI=1S/C19H23NO4/c1-3-7-13-11-8-5-6-9-12(11)17(20)16-14(21)10-15(24-18(13)16)19(22)23-4-2/h10H,3-9,20H2,1-2H3. The van der Waals surface area contributed by atoms with Gasteiger partial charge in [-0.25, -0.2) is 4.79 Å². The number of hydrogen-bond acceptors (Lipinski definition) is 5. The molecule has 5 nitrogen and oxygen atoms in total. The molecule has 0 bridgehead atoms. The maximum absolute atomic E-state index is 12.6. The number of rotatable bonds is 4. The number of benzene rings is 1. The summed E-state index contributed by atoms with van der Waals surface area (Å²) in [5, 5.41) is 0.409. The molecular formula is C19H23NO4. The molecule has 0 amide bonds. The summed E-state index contributed by atoms with van der Waals surface area (Å²) >= 11 is 0. The number of ether oxygens (including phenoxy) is 1. The van der Waals surface area contributed by atoms with Crippen molar-refractivity contribution in [3.8, 4) is 0 Å². The summed E-state index contributed by atoms with van der Waals surface area (Å²) in [5.41, 5.74) is 10.3. The van der Waals surface area contributed by atoms with E-state index in [-0.39, 0.29) is 17.8 Å². The lowest BCUT2D eigenvalue weighted by Gasteiger charge is -2.23. The highest BCUT2D eigenvalue weighted by Gasteiger charge is 2.24. The van der Waals surface area contributed by atoms with E-state index >= 15 is 0 Å². The molecule has 3 rings (SSSR count). The van der Waals surface area contributed by atoms with Gasteiger partial charge in [0.2, 0.25) is 5.76 Å². The Bertz CT molecular complexity index is 851. The van der Waals surface area contributed by atoms with Crippen LogP contribution in [0.3, 0.4) is 0 Å². The summed E-state index contributed by atoms with van der Waals surface area (Å²) in [7, 11) is 0. The first-order valence-corrected chi connectivity index (χ1v) is 8.65. The van der Waals surface area contributed by atoms with Crippen LogP contribution >= 0.6 is 0 Å². The van der Waals surface area contributed by atoms with Gasteiger partial charge in [-0.1, -0.05) is 13.3 Å². The Morgan fingerprint density at radius 1 is 1.25 bits per heavy atom. The predicted octanol–water partition coefficient (Wildman–Crippen LogP) is 3.38. The summed E-state index contributed by atoms with van der Waals surface area (Å²) in [6.45, 7) is 4.04. The number of esters is 1. The third-order valence-corrected chi connectivity index (χ3v) is 4.62. The molecule has 1 aliphatic rings. The smallest absolute Gasteiger partial charge is 0.374 e. The zero-order valence-corrected chi connectivity index (χ0v) is 14.2. The van der Waals surface area contributed by atoms with Crippen molar-refractivity contribution < 1.29 is 13.9 Å². The number of hydrogen-bond donors (Lipinski definition) is 1. The van der Waals surface area contributed by atoms with E-state index in [2.05, 4.69) is 6.92 Å². The number of nitrogen functional groups attached to an aromatic ring is 1. The Balaban J connectivity index is 2.34. The van der Waals surface area contributed by atoms with Gasteiger partial charge in [0.05, 0.1) is 17.7 Å². The second-order valence-corrected chi connectivity index (χ2v) is 6.21. The van der Waals surface area contributed by atoms with Gasteiger partial charge in [0, 0.05) is 6.07 Å². The minimum atomic E-state index is -0.616. The van der Waals surface area contributed by atoms with Crippen LogP contribution in [0.15, 0.2) is 15.3 Å². The van der Waals surface area contributed by atoms with Crippen molar-refractivity contribution in [1.29, 1.82) is 0 Å². The molecule has 5 heteroatoms. The summed E-state index contributed by atoms with van der Waals surface area (Å²) in [4.78, 5) is 24.6. The molecule has 2 aromatic rings. The molecule has 1 aliphatic carbocycles. The van der Waals surface area contributed by atoms with Gasteiger partial charge in [-0.05, 0) is 55.7 Å². The van der Waals surface area contributed by atoms with Crippen LogP contribution in [-0.4, -0.2) is 12.6 Å². The molecule has 24 heavy (non-hydrogen) atoms. The Morgan fingerprint density at radius 3 is 2.62 bits per heavy atom. The second kappa shape index (κ2) is 6.67. The molecule has 0 radical (unpaired) electrons. The van der Waals surface area contributed by atoms with E-state index in [1.807, 2.05) is 0 Å². The zero-order chi connectivity index (χ0) is 17.3. The Labute approximate surface area is 140 Å². The molecule has 0 saturated heterocycles. The zero-order valence-electron chi connectivity index (χ0n) is 14.2. The molecular weight excluding hydrogens is 306 g/mol. The molecule has 2 N–H and O–H groups in total. The maximum Gasteiger partial charge on any atom is 0.374 e. The monoisotopic (exact) mass is 329 g/mol. The number of fused-ring (bicyclic) bond motifs is 2. The van der Waals surface area contributed by atoms with Crippen molar-refractivity contribution in [2.24, 2.45) is 0 Å². The Hall–Kier alpha value is -2.30. The molecule has 0 aliphatic heterocycles. The summed E-state index contributed by atoms with van der Waals surface area (Å²) in [6, 6.07) is 1.20. The van der Waals surface area contributed by atoms with Crippen LogP contribution in [0.2, 0.25) is 0 Å². The van der Waals surface area contributed by atoms with Gasteiger partial charge in [-0.2, -0.15) is 0 Å². The predicted molar refractivity (Wildman–Crippen MR) is 93.5 cm³/mol. The average molecular weight is 329 g/mol. The van der Waals surface area contributed by atoms with Crippen LogP contribution in [0.5, 0.6) is 0 Å². The van der Waals surface area contributed by atoms with Gasteiger partial charge in [0.25, 0.3) is 0 Å². The fourth-order valence-corrected chi connectivity index (χ4v) is 3.60. The van der Waals surface area contributed by atoms with Crippen molar-refractivity contribution in [3.63, 3.8) is 0 Å². The number of carbonyl (C=O) groups is 1. The number of anilines is 1. The number of carbonyl (C=O) groups excluding carboxylic acids is 1. The highest BCUT2D eigenvalue weighted by atomic mass is 16.5. The Kier molecular flexibility index (Phi) is 4.60. The average Bonchev–Trinajstić information content (AvgIpc) is 2.58. The van der Waals surface area contributed by atoms with E-state index in [1.54, 1.807) is 6.92 Å². The summed E-state index contributed by atoms with van der Waals surface area (Å²) in [6.07, 6.45) is 5.76. The third-order valence-electron chi connectivity index (χ3n) is 4.62. The van der Waals surface area contributed by atoms with Crippen molar-refractivity contribution in [3.05, 3.63) is 38.7 Å². The summed E-state index contributed by atoms with van der Waals surface area (Å²) in [5.74, 6) is -0.669. The summed E-state index contributed by atoms with van der Waals surface area (Å²) < 4.78 is 10.8. The molecule has 0 saturated carbocycles. The molecule has 0 fully saturated rings. The van der Waals surface area contributed by atoms with Crippen LogP contribution < -0.4 is 11.2 Å². The quantitative estimate of drug-likeness (QED) is 0.687. The van der Waals surface area contributed by atoms with E-state index in [9.17, 15) is 9.59 Å². The lowest BCUT2D eigenvalue weighted by molar-refractivity contribution is 0.0490. The van der Waals surface area contributed by atoms with E-state index in [4.69, 9.17) is 14.9 Å². The lowest BCUT2D eigenvalue weighted by Crippen LogP contribution is -2.16. The van der Waals surface area contributed by atoms with Crippen molar-refractivity contribution >= 4 is 22.6 Å². The highest BCUT2D eigenvalue weighted by molar-refractivity contribution is 5.96. The minimum Gasteiger partial charge on any atom is -0.460 e. The lowest BCUT2D eigenvalue weighted by atomic mass is 9.84. The van der Waals surface area contributed by atoms with Gasteiger partial charge in [-0.3, -0.25) is 4.79 Å². The van der Waals surface area contributed by atoms with Crippen LogP contribution in [0.4, 0.5) is 5.69 Å². The van der Waals surface area contributed by atoms with Crippen molar-refractivity contribution in [1.82, 2.24) is 0 Å². The van der Waals surface area contributed by atoms with Crippen LogP contribution in [0.1, 0.15) is 60.4 Å². The van der Waals surface area contributed by atoms with Crippen molar-refractivity contribution in [2.75, 3.05) is 12.3 Å². The van der Waals surface area contributed by atoms with E-state index in [1.165, 1.54) is 11.6 Å². The fourth-order valence-electron chi connectivity index (χ4n) is 3.60. The second-order valence-electron chi connectivity index (χ2n) is 6.21. The topological polar surface area (TPSA) is 82.5 Å². The first kappa shape index (κ1) is 16.6. The molecule has 0 unspecified atom stereocenters. The SMILES string of the molecule is CCCc1c2c(c(N)c3c(=O)cc(C(=O)OCC)oc13)CCCC2. The van der Waals surface area contributed by atoms with Crippen molar-refractivity contribution in [2.45, 2.75) is 52.4 Å². The molecule has 1 aromatic heterocycles. The molecule has 0 spiro atoms. The fraction of sp³-hybridized carbons (Fsp3) is 0.474. The highest BCUT2D eigenvalue weighted by Crippen LogP contribution is 2.36. The Morgan fingerprint density at radius 2 is 1.96 bits per heavy atom. The van der Waals surface area contributed by atoms with Gasteiger partial charge in [0.15, 0.2) is 5.43 Å². The van der Waals surface area contributed by atoms with Crippen LogP contribution in [-0.2, 0) is 24.0 Å². The van der Waals surface area contributed by atoms with E-state index in [0.29, 0.717) is 16.7 Å². The molecule has 1 aromatic carbocycles. The number of nitrogens with two attached hydrogens (primary N) is 1. The normalized spacial score (nSPS) is 13.8. The van der Waals surface area contributed by atoms with Gasteiger partial charge >= 0.3 is 5.97 Å². The first-order chi connectivity index (χ1) is 11.6. The van der Waals surface area contributed by atoms with E-state index in [0.717, 1.165) is 49.7 Å². The molecule has 128 valence electrons. The third kappa shape index (κ3) is 2.68. The van der Waals surface area contributed by atoms with Crippen LogP contribution in [0, 0.1) is 0 Å². The van der Waals surface area contributed by atoms with E-state index < -0.39 is 5.97 Å². The maximum atomic E-state index is 12.6. The van der Waals surface area contributed by atoms with Gasteiger partial charge < -0.3 is 14.9 Å². The largest absolute Gasteiger partial charge is 0.460 e. The van der Waals surface area contributed by atoms with Crippen LogP contribution in [0.25, 0.3) is 11.0 Å².